The minimum absolute atomic E-state index is 0. The molecule has 0 bridgehead atoms. The van der Waals surface area contributed by atoms with E-state index in [0.29, 0.717) is 5.56 Å². The summed E-state index contributed by atoms with van der Waals surface area (Å²) in [6, 6.07) is 8.14. The quantitative estimate of drug-likeness (QED) is 0.336. The zero-order valence-corrected chi connectivity index (χ0v) is 26.5. The van der Waals surface area contributed by atoms with Crippen LogP contribution in [0.5, 0.6) is 5.75 Å². The van der Waals surface area contributed by atoms with E-state index in [2.05, 4.69) is 21.7 Å². The molecular formula is C23H36N3O5SVY-. The van der Waals surface area contributed by atoms with Crippen molar-refractivity contribution in [3.05, 3.63) is 48.3 Å². The molecule has 11 heteroatoms. The summed E-state index contributed by atoms with van der Waals surface area (Å²) in [5, 5.41) is 14.9. The molecule has 0 spiro atoms. The van der Waals surface area contributed by atoms with Gasteiger partial charge in [0, 0.05) is 81.2 Å². The number of hydrogen-bond donors (Lipinski definition) is 3. The van der Waals surface area contributed by atoms with E-state index in [1.165, 1.54) is 50.5 Å². The molecule has 1 heterocycles. The molecule has 1 aromatic heterocycles. The molecule has 0 aliphatic heterocycles. The Morgan fingerprint density at radius 2 is 1.47 bits per heavy atom. The molecular weight excluding hydrogens is 570 g/mol. The molecule has 2 amide bonds. The van der Waals surface area contributed by atoms with Crippen molar-refractivity contribution in [1.29, 1.82) is 0 Å². The van der Waals surface area contributed by atoms with Crippen LogP contribution in [-0.4, -0.2) is 41.3 Å². The molecule has 0 unspecified atom stereocenters. The fourth-order valence-electron chi connectivity index (χ4n) is 1.79. The normalized spacial score (nSPS) is 9.44. The van der Waals surface area contributed by atoms with Crippen molar-refractivity contribution >= 4 is 33.0 Å². The molecule has 0 aliphatic carbocycles. The number of carbonyl (C=O) groups is 2. The number of anilines is 2. The average Bonchev–Trinajstić information content (AvgIpc) is 2.79. The molecule has 2 aromatic rings. The van der Waals surface area contributed by atoms with Crippen molar-refractivity contribution in [2.75, 3.05) is 16.9 Å². The van der Waals surface area contributed by atoms with E-state index in [1.807, 2.05) is 41.5 Å². The second kappa shape index (κ2) is 20.0. The number of hydrogen-bond acceptors (Lipinski definition) is 6. The molecule has 8 nitrogen and oxygen atoms in total. The summed E-state index contributed by atoms with van der Waals surface area (Å²) in [5.41, 5.74) is 0.519. The predicted molar refractivity (Wildman–Crippen MR) is 131 cm³/mol. The van der Waals surface area contributed by atoms with Gasteiger partial charge >= 0.3 is 0 Å². The maximum Gasteiger partial charge on any atom is 0.245 e. The molecule has 0 aliphatic rings. The Hall–Kier alpha value is -1.25. The Labute approximate surface area is 241 Å². The number of aromatic hydroxyl groups is 1. The topological polar surface area (TPSA) is 125 Å². The van der Waals surface area contributed by atoms with E-state index in [4.69, 9.17) is 0 Å². The second-order valence-corrected chi connectivity index (χ2v) is 8.64. The zero-order valence-electron chi connectivity index (χ0n) is 21.4. The van der Waals surface area contributed by atoms with Gasteiger partial charge in [0.15, 0.2) is 9.84 Å². The van der Waals surface area contributed by atoms with Crippen LogP contribution in [0.4, 0.5) is 11.4 Å². The third-order valence-electron chi connectivity index (χ3n) is 3.84. The number of phenols is 1. The minimum atomic E-state index is -3.64. The van der Waals surface area contributed by atoms with Crippen LogP contribution in [0, 0.1) is 6.07 Å². The van der Waals surface area contributed by atoms with E-state index in [1.54, 1.807) is 0 Å². The van der Waals surface area contributed by atoms with Crippen LogP contribution in [0.1, 0.15) is 65.7 Å². The number of nitrogens with one attached hydrogen (secondary N) is 2. The van der Waals surface area contributed by atoms with Gasteiger partial charge in [-0.2, -0.15) is 6.07 Å². The Bertz CT molecular complexity index is 956. The van der Waals surface area contributed by atoms with E-state index in [9.17, 15) is 23.1 Å². The molecule has 0 atom stereocenters. The van der Waals surface area contributed by atoms with E-state index < -0.39 is 26.4 Å². The Morgan fingerprint density at radius 3 is 1.88 bits per heavy atom. The average molecular weight is 606 g/mol. The van der Waals surface area contributed by atoms with Crippen LogP contribution < -0.4 is 10.6 Å². The van der Waals surface area contributed by atoms with Crippen LogP contribution in [0.15, 0.2) is 36.7 Å². The number of nitrogens with zero attached hydrogens (tertiary/aromatic N) is 1. The van der Waals surface area contributed by atoms with Gasteiger partial charge < -0.3 is 15.7 Å². The smallest absolute Gasteiger partial charge is 0.245 e. The zero-order chi connectivity index (χ0) is 25.5. The molecule has 34 heavy (non-hydrogen) atoms. The Morgan fingerprint density at radius 1 is 1.00 bits per heavy atom. The van der Waals surface area contributed by atoms with Crippen molar-refractivity contribution in [2.24, 2.45) is 0 Å². The number of sulfone groups is 1. The number of aromatic nitrogens is 1. The van der Waals surface area contributed by atoms with Crippen LogP contribution in [0.3, 0.4) is 0 Å². The molecule has 0 saturated heterocycles. The van der Waals surface area contributed by atoms with Gasteiger partial charge in [-0.05, 0) is 31.7 Å². The van der Waals surface area contributed by atoms with Gasteiger partial charge in [-0.1, -0.05) is 47.2 Å². The van der Waals surface area contributed by atoms with Gasteiger partial charge in [0.2, 0.25) is 11.8 Å². The molecule has 2 radical (unpaired) electrons. The molecule has 188 valence electrons. The van der Waals surface area contributed by atoms with Gasteiger partial charge in [0.25, 0.3) is 0 Å². The number of pyridine rings is 1. The summed E-state index contributed by atoms with van der Waals surface area (Å²) in [6.07, 6.45) is 3.89. The van der Waals surface area contributed by atoms with E-state index in [0.717, 1.165) is 6.26 Å². The number of rotatable bonds is 5. The second-order valence-electron chi connectivity index (χ2n) is 6.07. The number of carbonyl (C=O) groups excluding carboxylic acids is 2. The van der Waals surface area contributed by atoms with Gasteiger partial charge in [0.1, 0.15) is 4.75 Å². The molecule has 0 saturated carbocycles. The minimum Gasteiger partial charge on any atom is -0.531 e. The van der Waals surface area contributed by atoms with Crippen LogP contribution in [-0.2, 0) is 65.9 Å². The maximum absolute atomic E-state index is 12.2. The fourth-order valence-corrected chi connectivity index (χ4v) is 2.18. The summed E-state index contributed by atoms with van der Waals surface area (Å²) in [6.45, 7) is 14.6. The first kappa shape index (κ1) is 39.9. The predicted octanol–water partition coefficient (Wildman–Crippen LogP) is 4.67. The monoisotopic (exact) mass is 606 g/mol. The summed E-state index contributed by atoms with van der Waals surface area (Å²) in [7, 11) is -3.64. The fraction of sp³-hybridized carbons (Fsp3) is 0.435. The SMILES string of the molecule is CC.CC.CC.CC(C)(C(=O)Nc1[c-]cc(NC(=O)c2ccncc2)c(O)c1)S(C)(=O)=O.[V].[Y]. The first-order valence-electron chi connectivity index (χ1n) is 10.5. The van der Waals surface area contributed by atoms with Crippen molar-refractivity contribution in [2.45, 2.75) is 60.1 Å². The maximum atomic E-state index is 12.2. The standard InChI is InChI=1S/C17H18N3O5S.3C2H6.V.Y/c1-17(2,26(3,24)25)16(23)19-12-4-5-13(14(21)10-12)20-15(22)11-6-8-18-9-7-11;3*1-2;;/h5-10,21H,1-3H3,(H,19,23)(H,20,22);3*1-2H3;;/q-1;;;;;. The van der Waals surface area contributed by atoms with Crippen LogP contribution >= 0.6 is 0 Å². The van der Waals surface area contributed by atoms with Crippen molar-refractivity contribution in [1.82, 2.24) is 4.98 Å². The van der Waals surface area contributed by atoms with Gasteiger partial charge in [0.05, 0.1) is 0 Å². The summed E-state index contributed by atoms with van der Waals surface area (Å²) >= 11 is 0. The van der Waals surface area contributed by atoms with E-state index in [-0.39, 0.29) is 68.4 Å². The van der Waals surface area contributed by atoms with Crippen LogP contribution in [0.25, 0.3) is 0 Å². The molecule has 0 fully saturated rings. The van der Waals surface area contributed by atoms with Crippen molar-refractivity contribution < 1.29 is 74.4 Å². The largest absolute Gasteiger partial charge is 0.531 e. The molecule has 2 rings (SSSR count). The number of benzene rings is 1. The number of phenolic OH excluding ortho intramolecular Hbond substituents is 1. The first-order valence-corrected chi connectivity index (χ1v) is 12.4. The van der Waals surface area contributed by atoms with Gasteiger partial charge in [-0.25, -0.2) is 8.42 Å². The van der Waals surface area contributed by atoms with Gasteiger partial charge in [-0.3, -0.25) is 14.6 Å². The summed E-state index contributed by atoms with van der Waals surface area (Å²) < 4.78 is 21.7. The Balaban J connectivity index is -0.000000520. The van der Waals surface area contributed by atoms with Crippen molar-refractivity contribution in [3.8, 4) is 5.75 Å². The van der Waals surface area contributed by atoms with E-state index >= 15 is 0 Å². The van der Waals surface area contributed by atoms with Crippen molar-refractivity contribution in [3.63, 3.8) is 0 Å². The molecule has 3 N–H and O–H groups in total. The third-order valence-corrected chi connectivity index (χ3v) is 5.88. The molecule has 1 aromatic carbocycles. The van der Waals surface area contributed by atoms with Gasteiger partial charge in [-0.15, -0.1) is 12.1 Å². The third kappa shape index (κ3) is 12.5. The Kier molecular flexibility index (Phi) is 23.5. The van der Waals surface area contributed by atoms with Crippen LogP contribution in [0.2, 0.25) is 0 Å². The summed E-state index contributed by atoms with van der Waals surface area (Å²) in [5.74, 6) is -1.52. The first-order chi connectivity index (χ1) is 15.0. The summed E-state index contributed by atoms with van der Waals surface area (Å²) in [4.78, 5) is 28.1. The number of amides is 2.